The molecule has 0 spiro atoms. The zero-order valence-electron chi connectivity index (χ0n) is 9.25. The molecule has 0 radical (unpaired) electrons. The third kappa shape index (κ3) is 5.28. The standard InChI is InChI=1S/C12H18N2/c1-6-9-11(7-2)13-10-14-12(4,5)8-3/h6-7,9H,1-2,8H2,3-5H3/b11-9+. The Hall–Kier alpha value is -1.40. The summed E-state index contributed by atoms with van der Waals surface area (Å²) in [5, 5.41) is 0. The third-order valence-electron chi connectivity index (χ3n) is 1.89. The van der Waals surface area contributed by atoms with E-state index in [1.54, 1.807) is 18.2 Å². The van der Waals surface area contributed by atoms with Gasteiger partial charge in [-0.2, -0.15) is 4.99 Å². The molecule has 0 heterocycles. The van der Waals surface area contributed by atoms with Crippen LogP contribution in [0.4, 0.5) is 0 Å². The molecule has 0 aromatic rings. The second-order valence-electron chi connectivity index (χ2n) is 3.52. The van der Waals surface area contributed by atoms with Crippen molar-refractivity contribution in [3.05, 3.63) is 37.1 Å². The predicted molar refractivity (Wildman–Crippen MR) is 62.7 cm³/mol. The van der Waals surface area contributed by atoms with Crippen molar-refractivity contribution in [3.8, 4) is 0 Å². The first-order valence-electron chi connectivity index (χ1n) is 4.68. The zero-order valence-corrected chi connectivity index (χ0v) is 9.25. The summed E-state index contributed by atoms with van der Waals surface area (Å²) < 4.78 is 0. The predicted octanol–water partition coefficient (Wildman–Crippen LogP) is 3.60. The molecule has 76 valence electrons. The normalized spacial score (nSPS) is 11.5. The van der Waals surface area contributed by atoms with Gasteiger partial charge >= 0.3 is 0 Å². The fourth-order valence-electron chi connectivity index (χ4n) is 0.569. The van der Waals surface area contributed by atoms with Crippen LogP contribution in [0.5, 0.6) is 0 Å². The molecule has 0 saturated heterocycles. The largest absolute Gasteiger partial charge is 0.219 e. The van der Waals surface area contributed by atoms with E-state index in [4.69, 9.17) is 0 Å². The van der Waals surface area contributed by atoms with Crippen molar-refractivity contribution in [1.82, 2.24) is 0 Å². The highest BCUT2D eigenvalue weighted by molar-refractivity contribution is 5.46. The number of allylic oxidation sites excluding steroid dienone is 3. The lowest BCUT2D eigenvalue weighted by Gasteiger charge is -2.13. The average Bonchev–Trinajstić information content (AvgIpc) is 2.16. The first kappa shape index (κ1) is 12.6. The van der Waals surface area contributed by atoms with E-state index < -0.39 is 0 Å². The van der Waals surface area contributed by atoms with Crippen molar-refractivity contribution in [1.29, 1.82) is 0 Å². The van der Waals surface area contributed by atoms with Gasteiger partial charge in [-0.3, -0.25) is 0 Å². The number of hydrogen-bond acceptors (Lipinski definition) is 2. The summed E-state index contributed by atoms with van der Waals surface area (Å²) in [6.07, 6.45) is 6.02. The molecule has 0 rings (SSSR count). The molecule has 0 amide bonds. The quantitative estimate of drug-likeness (QED) is 0.467. The molecule has 14 heavy (non-hydrogen) atoms. The lowest BCUT2D eigenvalue weighted by molar-refractivity contribution is 0.508. The number of aliphatic imine (C=N–C) groups is 2. The topological polar surface area (TPSA) is 24.7 Å². The van der Waals surface area contributed by atoms with Gasteiger partial charge < -0.3 is 0 Å². The second-order valence-corrected chi connectivity index (χ2v) is 3.52. The Kier molecular flexibility index (Phi) is 5.50. The van der Waals surface area contributed by atoms with E-state index in [-0.39, 0.29) is 5.54 Å². The molecule has 0 unspecified atom stereocenters. The van der Waals surface area contributed by atoms with Crippen LogP contribution >= 0.6 is 0 Å². The van der Waals surface area contributed by atoms with Crippen LogP contribution in [0.2, 0.25) is 0 Å². The summed E-state index contributed by atoms with van der Waals surface area (Å²) in [5.41, 5.74) is 0.625. The van der Waals surface area contributed by atoms with E-state index in [0.29, 0.717) is 0 Å². The SMILES string of the molecule is C=C/C=C(\C=C)N=C=NC(C)(C)CC. The Bertz CT molecular complexity index is 289. The molecule has 0 N–H and O–H groups in total. The van der Waals surface area contributed by atoms with Gasteiger partial charge in [0.15, 0.2) is 0 Å². The van der Waals surface area contributed by atoms with Crippen molar-refractivity contribution < 1.29 is 0 Å². The molecular weight excluding hydrogens is 172 g/mol. The summed E-state index contributed by atoms with van der Waals surface area (Å²) in [6.45, 7) is 13.4. The average molecular weight is 190 g/mol. The van der Waals surface area contributed by atoms with Crippen LogP contribution < -0.4 is 0 Å². The molecule has 0 atom stereocenters. The zero-order chi connectivity index (χ0) is 11.0. The van der Waals surface area contributed by atoms with Crippen molar-refractivity contribution in [2.45, 2.75) is 32.7 Å². The van der Waals surface area contributed by atoms with Crippen LogP contribution in [0.1, 0.15) is 27.2 Å². The van der Waals surface area contributed by atoms with E-state index >= 15 is 0 Å². The monoisotopic (exact) mass is 190 g/mol. The number of hydrogen-bond donors (Lipinski definition) is 0. The molecule has 0 aliphatic carbocycles. The van der Waals surface area contributed by atoms with Crippen LogP contribution in [-0.4, -0.2) is 11.5 Å². The number of rotatable bonds is 5. The third-order valence-corrected chi connectivity index (χ3v) is 1.89. The van der Waals surface area contributed by atoms with Crippen molar-refractivity contribution in [2.75, 3.05) is 0 Å². The molecule has 0 bridgehead atoms. The van der Waals surface area contributed by atoms with Crippen LogP contribution in [0.25, 0.3) is 0 Å². The molecule has 0 aromatic carbocycles. The molecular formula is C12H18N2. The highest BCUT2D eigenvalue weighted by Crippen LogP contribution is 2.11. The fourth-order valence-corrected chi connectivity index (χ4v) is 0.569. The van der Waals surface area contributed by atoms with Gasteiger partial charge in [-0.05, 0) is 32.4 Å². The highest BCUT2D eigenvalue weighted by atomic mass is 14.9. The van der Waals surface area contributed by atoms with E-state index in [2.05, 4.69) is 36.1 Å². The molecule has 0 aliphatic rings. The van der Waals surface area contributed by atoms with Gasteiger partial charge in [0.05, 0.1) is 17.2 Å². The maximum absolute atomic E-state index is 4.20. The highest BCUT2D eigenvalue weighted by Gasteiger charge is 2.10. The van der Waals surface area contributed by atoms with Gasteiger partial charge in [0.2, 0.25) is 0 Å². The molecule has 0 saturated carbocycles. The van der Waals surface area contributed by atoms with Gasteiger partial charge in [0.25, 0.3) is 0 Å². The minimum absolute atomic E-state index is 0.0933. The maximum Gasteiger partial charge on any atom is 0.0954 e. The van der Waals surface area contributed by atoms with E-state index in [9.17, 15) is 0 Å². The summed E-state index contributed by atoms with van der Waals surface area (Å²) in [4.78, 5) is 8.23. The summed E-state index contributed by atoms with van der Waals surface area (Å²) >= 11 is 0. The molecule has 2 nitrogen and oxygen atoms in total. The molecule has 2 heteroatoms. The van der Waals surface area contributed by atoms with Crippen LogP contribution in [0.3, 0.4) is 0 Å². The first-order chi connectivity index (χ1) is 6.55. The summed E-state index contributed by atoms with van der Waals surface area (Å²) in [7, 11) is 0. The van der Waals surface area contributed by atoms with Gasteiger partial charge in [0, 0.05) is 0 Å². The van der Waals surface area contributed by atoms with Crippen molar-refractivity contribution in [2.24, 2.45) is 9.98 Å². The maximum atomic E-state index is 4.20. The Morgan fingerprint density at radius 2 is 2.07 bits per heavy atom. The second kappa shape index (κ2) is 6.11. The molecule has 0 aromatic heterocycles. The summed E-state index contributed by atoms with van der Waals surface area (Å²) in [6, 6.07) is 2.68. The lowest BCUT2D eigenvalue weighted by Crippen LogP contribution is -2.13. The van der Waals surface area contributed by atoms with E-state index in [1.807, 2.05) is 13.8 Å². The number of nitrogens with zero attached hydrogens (tertiary/aromatic N) is 2. The molecule has 0 fully saturated rings. The Morgan fingerprint density at radius 3 is 2.50 bits per heavy atom. The van der Waals surface area contributed by atoms with Gasteiger partial charge in [-0.1, -0.05) is 26.2 Å². The minimum atomic E-state index is -0.0933. The van der Waals surface area contributed by atoms with Crippen LogP contribution in [0, 0.1) is 0 Å². The first-order valence-corrected chi connectivity index (χ1v) is 4.68. The summed E-state index contributed by atoms with van der Waals surface area (Å²) in [5.74, 6) is 0. The van der Waals surface area contributed by atoms with Crippen molar-refractivity contribution in [3.63, 3.8) is 0 Å². The Labute approximate surface area is 86.5 Å². The van der Waals surface area contributed by atoms with Crippen LogP contribution in [-0.2, 0) is 0 Å². The van der Waals surface area contributed by atoms with Gasteiger partial charge in [0.1, 0.15) is 0 Å². The minimum Gasteiger partial charge on any atom is -0.219 e. The van der Waals surface area contributed by atoms with E-state index in [0.717, 1.165) is 12.1 Å². The van der Waals surface area contributed by atoms with Crippen molar-refractivity contribution >= 4 is 6.01 Å². The molecule has 0 aliphatic heterocycles. The van der Waals surface area contributed by atoms with Gasteiger partial charge in [-0.15, -0.1) is 0 Å². The smallest absolute Gasteiger partial charge is 0.0954 e. The van der Waals surface area contributed by atoms with Gasteiger partial charge in [-0.25, -0.2) is 4.99 Å². The van der Waals surface area contributed by atoms with E-state index in [1.165, 1.54) is 0 Å². The lowest BCUT2D eigenvalue weighted by atomic mass is 10.0. The fraction of sp³-hybridized carbons (Fsp3) is 0.417. The van der Waals surface area contributed by atoms with Crippen LogP contribution in [0.15, 0.2) is 47.1 Å². The Balaban J connectivity index is 4.64. The Morgan fingerprint density at radius 1 is 1.43 bits per heavy atom.